The predicted molar refractivity (Wildman–Crippen MR) is 72.3 cm³/mol. The molecular weight excluding hydrogens is 335 g/mol. The van der Waals surface area contributed by atoms with Crippen LogP contribution in [-0.2, 0) is 6.18 Å². The molecule has 11 heteroatoms. The minimum Gasteiger partial charge on any atom is -0.433 e. The van der Waals surface area contributed by atoms with Crippen LogP contribution in [-0.4, -0.2) is 15.8 Å². The molecule has 0 saturated carbocycles. The number of hydrogen-bond acceptors (Lipinski definition) is 6. The Morgan fingerprint density at radius 3 is 2.58 bits per heavy atom. The Bertz CT molecular complexity index is 944. The molecule has 2 heterocycles. The summed E-state index contributed by atoms with van der Waals surface area (Å²) in [7, 11) is 0. The monoisotopic (exact) mass is 341 g/mol. The van der Waals surface area contributed by atoms with Crippen molar-refractivity contribution in [3.8, 4) is 0 Å². The van der Waals surface area contributed by atoms with Gasteiger partial charge >= 0.3 is 18.0 Å². The van der Waals surface area contributed by atoms with E-state index in [9.17, 15) is 28.1 Å². The van der Waals surface area contributed by atoms with Crippen molar-refractivity contribution >= 4 is 28.6 Å². The zero-order valence-electron chi connectivity index (χ0n) is 11.5. The van der Waals surface area contributed by atoms with E-state index in [4.69, 9.17) is 4.42 Å². The van der Waals surface area contributed by atoms with Crippen molar-refractivity contribution in [1.29, 1.82) is 0 Å². The highest BCUT2D eigenvalue weighted by Gasteiger charge is 2.37. The first-order valence-corrected chi connectivity index (χ1v) is 6.28. The third kappa shape index (κ3) is 2.78. The first-order chi connectivity index (χ1) is 11.3. The van der Waals surface area contributed by atoms with Crippen molar-refractivity contribution in [3.05, 3.63) is 52.1 Å². The molecule has 0 saturated heterocycles. The first kappa shape index (κ1) is 15.5. The third-order valence-corrected chi connectivity index (χ3v) is 2.91. The van der Waals surface area contributed by atoms with Crippen LogP contribution in [0.15, 0.2) is 39.2 Å². The fourth-order valence-corrected chi connectivity index (χ4v) is 1.90. The van der Waals surface area contributed by atoms with Gasteiger partial charge in [-0.2, -0.15) is 13.2 Å². The van der Waals surface area contributed by atoms with Crippen LogP contribution in [0.1, 0.15) is 16.4 Å². The summed E-state index contributed by atoms with van der Waals surface area (Å²) in [6, 6.07) is 5.96. The maximum atomic E-state index is 12.6. The summed E-state index contributed by atoms with van der Waals surface area (Å²) in [6.45, 7) is 0. The van der Waals surface area contributed by atoms with Crippen LogP contribution in [0.5, 0.6) is 0 Å². The molecule has 3 aromatic rings. The van der Waals surface area contributed by atoms with Crippen LogP contribution in [0, 0.1) is 10.1 Å². The van der Waals surface area contributed by atoms with Crippen LogP contribution < -0.4 is 5.32 Å². The molecule has 0 fully saturated rings. The van der Waals surface area contributed by atoms with Gasteiger partial charge in [-0.3, -0.25) is 14.9 Å². The van der Waals surface area contributed by atoms with Crippen LogP contribution >= 0.6 is 0 Å². The fourth-order valence-electron chi connectivity index (χ4n) is 1.90. The predicted octanol–water partition coefficient (Wildman–Crippen LogP) is 3.60. The van der Waals surface area contributed by atoms with Gasteiger partial charge in [0.1, 0.15) is 10.4 Å². The topological polar surface area (TPSA) is 111 Å². The minimum atomic E-state index is -4.78. The highest BCUT2D eigenvalue weighted by Crippen LogP contribution is 2.33. The number of nitrogens with zero attached hydrogens (tertiary/aromatic N) is 2. The molecule has 0 unspecified atom stereocenters. The van der Waals surface area contributed by atoms with Gasteiger partial charge in [0.2, 0.25) is 0 Å². The van der Waals surface area contributed by atoms with E-state index < -0.39 is 28.8 Å². The summed E-state index contributed by atoms with van der Waals surface area (Å²) in [5.41, 5.74) is -0.444. The summed E-state index contributed by atoms with van der Waals surface area (Å²) >= 11 is 0. The first-order valence-electron chi connectivity index (χ1n) is 6.28. The van der Waals surface area contributed by atoms with Crippen LogP contribution in [0.2, 0.25) is 0 Å². The molecule has 124 valence electrons. The molecule has 0 aliphatic carbocycles. The van der Waals surface area contributed by atoms with E-state index in [1.807, 2.05) is 0 Å². The second kappa shape index (κ2) is 5.37. The van der Waals surface area contributed by atoms with Crippen LogP contribution in [0.4, 0.5) is 24.7 Å². The van der Waals surface area contributed by atoms with Gasteiger partial charge in [0.05, 0.1) is 11.8 Å². The standard InChI is InChI=1S/C13H6F3N3O5/c14-13(15,16)12-18-10-6(2-1-3-7(10)24-12)17-11(20)8-4-5-9(23-8)19(21)22/h1-5H,(H,17,20). The Morgan fingerprint density at radius 2 is 1.96 bits per heavy atom. The van der Waals surface area contributed by atoms with Crippen molar-refractivity contribution in [2.75, 3.05) is 5.32 Å². The minimum absolute atomic E-state index is 0.0594. The molecule has 0 atom stereocenters. The second-order valence-corrected chi connectivity index (χ2v) is 4.52. The van der Waals surface area contributed by atoms with Crippen molar-refractivity contribution in [2.24, 2.45) is 0 Å². The van der Waals surface area contributed by atoms with E-state index in [0.29, 0.717) is 0 Å². The number of oxazole rings is 1. The number of nitro groups is 1. The number of para-hydroxylation sites is 1. The van der Waals surface area contributed by atoms with E-state index >= 15 is 0 Å². The second-order valence-electron chi connectivity index (χ2n) is 4.52. The molecule has 3 rings (SSSR count). The Kier molecular flexibility index (Phi) is 3.47. The number of nitrogens with one attached hydrogen (secondary N) is 1. The van der Waals surface area contributed by atoms with E-state index in [0.717, 1.165) is 12.1 Å². The van der Waals surface area contributed by atoms with Gasteiger partial charge in [-0.05, 0) is 18.2 Å². The van der Waals surface area contributed by atoms with Gasteiger partial charge < -0.3 is 14.2 Å². The average Bonchev–Trinajstić information content (AvgIpc) is 3.14. The van der Waals surface area contributed by atoms with E-state index in [1.54, 1.807) is 0 Å². The zero-order valence-corrected chi connectivity index (χ0v) is 11.5. The van der Waals surface area contributed by atoms with Crippen LogP contribution in [0.3, 0.4) is 0 Å². The number of alkyl halides is 3. The SMILES string of the molecule is O=C(Nc1cccc2oc(C(F)(F)F)nc12)c1ccc([N+](=O)[O-])o1. The van der Waals surface area contributed by atoms with Gasteiger partial charge in [0, 0.05) is 0 Å². The lowest BCUT2D eigenvalue weighted by Gasteiger charge is -2.02. The molecule has 0 bridgehead atoms. The van der Waals surface area contributed by atoms with Gasteiger partial charge in [-0.15, -0.1) is 0 Å². The number of halogens is 3. The molecule has 0 aliphatic rings. The number of aromatic nitrogens is 1. The highest BCUT2D eigenvalue weighted by molar-refractivity contribution is 6.06. The quantitative estimate of drug-likeness (QED) is 0.575. The molecular formula is C13H6F3N3O5. The molecule has 0 spiro atoms. The summed E-state index contributed by atoms with van der Waals surface area (Å²) < 4.78 is 47.2. The molecule has 1 N–H and O–H groups in total. The largest absolute Gasteiger partial charge is 0.468 e. The lowest BCUT2D eigenvalue weighted by atomic mass is 10.2. The molecule has 0 radical (unpaired) electrons. The smallest absolute Gasteiger partial charge is 0.433 e. The lowest BCUT2D eigenvalue weighted by molar-refractivity contribution is -0.402. The zero-order chi connectivity index (χ0) is 17.5. The van der Waals surface area contributed by atoms with Crippen LogP contribution in [0.25, 0.3) is 11.1 Å². The van der Waals surface area contributed by atoms with Crippen molar-refractivity contribution in [1.82, 2.24) is 4.98 Å². The average molecular weight is 341 g/mol. The summed E-state index contributed by atoms with van der Waals surface area (Å²) in [4.78, 5) is 25.0. The van der Waals surface area contributed by atoms with Crippen molar-refractivity contribution in [2.45, 2.75) is 6.18 Å². The molecule has 1 aromatic carbocycles. The van der Waals surface area contributed by atoms with Gasteiger partial charge in [-0.25, -0.2) is 4.98 Å². The summed E-state index contributed by atoms with van der Waals surface area (Å²) in [6.07, 6.45) is -4.78. The molecule has 2 aromatic heterocycles. The molecule has 8 nitrogen and oxygen atoms in total. The normalized spacial score (nSPS) is 11.6. The number of amides is 1. The Labute approximate surface area is 130 Å². The van der Waals surface area contributed by atoms with E-state index in [1.165, 1.54) is 18.2 Å². The highest BCUT2D eigenvalue weighted by atomic mass is 19.4. The Morgan fingerprint density at radius 1 is 1.21 bits per heavy atom. The third-order valence-electron chi connectivity index (χ3n) is 2.91. The number of carbonyl (C=O) groups excluding carboxylic acids is 1. The number of rotatable bonds is 3. The van der Waals surface area contributed by atoms with Crippen molar-refractivity contribution < 1.29 is 31.7 Å². The van der Waals surface area contributed by atoms with E-state index in [-0.39, 0.29) is 22.5 Å². The number of carbonyl (C=O) groups is 1. The summed E-state index contributed by atoms with van der Waals surface area (Å²) in [5.74, 6) is -3.35. The van der Waals surface area contributed by atoms with Gasteiger partial charge in [-0.1, -0.05) is 6.07 Å². The van der Waals surface area contributed by atoms with E-state index in [2.05, 4.69) is 14.7 Å². The van der Waals surface area contributed by atoms with Gasteiger partial charge in [0.15, 0.2) is 11.3 Å². The molecule has 0 aliphatic heterocycles. The fraction of sp³-hybridized carbons (Fsp3) is 0.0769. The molecule has 24 heavy (non-hydrogen) atoms. The van der Waals surface area contributed by atoms with Crippen molar-refractivity contribution in [3.63, 3.8) is 0 Å². The number of fused-ring (bicyclic) bond motifs is 1. The number of furan rings is 1. The number of hydrogen-bond donors (Lipinski definition) is 1. The lowest BCUT2D eigenvalue weighted by Crippen LogP contribution is -2.11. The molecule has 1 amide bonds. The Hall–Kier alpha value is -3.37. The van der Waals surface area contributed by atoms with Gasteiger partial charge in [0.25, 0.3) is 5.91 Å². The summed E-state index contributed by atoms with van der Waals surface area (Å²) in [5, 5.41) is 12.8. The Balaban J connectivity index is 1.93. The maximum Gasteiger partial charge on any atom is 0.468 e. The number of benzene rings is 1. The number of anilines is 1. The maximum absolute atomic E-state index is 12.6.